The van der Waals surface area contributed by atoms with Gasteiger partial charge >= 0.3 is 6.09 Å². The molecule has 0 unspecified atom stereocenters. The van der Waals surface area contributed by atoms with E-state index in [9.17, 15) is 9.18 Å². The molecule has 2 aliphatic rings. The van der Waals surface area contributed by atoms with Crippen molar-refractivity contribution in [3.8, 4) is 0 Å². The first-order valence-electron chi connectivity index (χ1n) is 9.43. The van der Waals surface area contributed by atoms with E-state index in [4.69, 9.17) is 9.72 Å². The van der Waals surface area contributed by atoms with Crippen LogP contribution in [0.2, 0.25) is 0 Å². The number of nitrogens with zero attached hydrogens (tertiary/aromatic N) is 2. The summed E-state index contributed by atoms with van der Waals surface area (Å²) < 4.78 is 20.9. The van der Waals surface area contributed by atoms with Crippen molar-refractivity contribution >= 4 is 51.2 Å². The van der Waals surface area contributed by atoms with Crippen LogP contribution in [0.4, 0.5) is 14.9 Å². The van der Waals surface area contributed by atoms with Gasteiger partial charge in [-0.05, 0) is 56.0 Å². The van der Waals surface area contributed by atoms with Crippen molar-refractivity contribution in [2.45, 2.75) is 37.2 Å². The van der Waals surface area contributed by atoms with Gasteiger partial charge in [0.1, 0.15) is 17.2 Å². The minimum absolute atomic E-state index is 0. The molecule has 1 amide bonds. The number of para-hydroxylation sites is 1. The summed E-state index contributed by atoms with van der Waals surface area (Å²) in [6.07, 6.45) is 2.78. The molecule has 5 rings (SSSR count). The van der Waals surface area contributed by atoms with Gasteiger partial charge in [0.25, 0.3) is 0 Å². The molecule has 0 bridgehead atoms. The number of H-pyrrole nitrogens is 1. The summed E-state index contributed by atoms with van der Waals surface area (Å²) in [6.45, 7) is 0.395. The van der Waals surface area contributed by atoms with Crippen molar-refractivity contribution < 1.29 is 13.9 Å². The lowest BCUT2D eigenvalue weighted by molar-refractivity contribution is 0.0208. The van der Waals surface area contributed by atoms with Crippen molar-refractivity contribution in [3.63, 3.8) is 0 Å². The Morgan fingerprint density at radius 1 is 1.21 bits per heavy atom. The predicted octanol–water partition coefficient (Wildman–Crippen LogP) is 5.94. The van der Waals surface area contributed by atoms with E-state index in [1.807, 2.05) is 18.2 Å². The number of hydrogen-bond donors (Lipinski definition) is 1. The van der Waals surface area contributed by atoms with Crippen LogP contribution in [0.15, 0.2) is 46.9 Å². The Morgan fingerprint density at radius 2 is 1.97 bits per heavy atom. The molecule has 1 aliphatic heterocycles. The molecule has 1 saturated carbocycles. The van der Waals surface area contributed by atoms with Gasteiger partial charge in [-0.3, -0.25) is 4.90 Å². The van der Waals surface area contributed by atoms with Crippen LogP contribution in [0.1, 0.15) is 37.4 Å². The summed E-state index contributed by atoms with van der Waals surface area (Å²) >= 11 is 3.48. The molecule has 1 saturated heterocycles. The second kappa shape index (κ2) is 7.61. The minimum atomic E-state index is -0.537. The van der Waals surface area contributed by atoms with Crippen LogP contribution in [0.5, 0.6) is 0 Å². The zero-order valence-electron chi connectivity index (χ0n) is 15.5. The highest BCUT2D eigenvalue weighted by atomic mass is 79.9. The van der Waals surface area contributed by atoms with E-state index in [0.29, 0.717) is 12.5 Å². The van der Waals surface area contributed by atoms with Gasteiger partial charge in [-0.15, -0.1) is 12.4 Å². The third-order valence-corrected chi connectivity index (χ3v) is 6.35. The second-order valence-electron chi connectivity index (χ2n) is 7.65. The van der Waals surface area contributed by atoms with E-state index in [1.54, 1.807) is 18.2 Å². The predicted molar refractivity (Wildman–Crippen MR) is 115 cm³/mol. The first kappa shape index (κ1) is 20.2. The molecule has 152 valence electrons. The molecular formula is C21H20BrClFN3O2. The van der Waals surface area contributed by atoms with E-state index >= 15 is 0 Å². The van der Waals surface area contributed by atoms with Gasteiger partial charge in [-0.25, -0.2) is 14.2 Å². The van der Waals surface area contributed by atoms with E-state index in [2.05, 4.69) is 20.9 Å². The number of hydrogen-bond acceptors (Lipinski definition) is 3. The molecule has 1 aliphatic carbocycles. The number of aromatic nitrogens is 2. The van der Waals surface area contributed by atoms with Gasteiger partial charge in [0, 0.05) is 10.4 Å². The SMILES string of the molecule is Cl.O=C1O[C@]2(CC[C@H](c3nc4cc(Br)ccc4[nH]3)CC2)CN1c1ccccc1F. The van der Waals surface area contributed by atoms with Crippen molar-refractivity contribution in [1.29, 1.82) is 0 Å². The fraction of sp³-hybridized carbons (Fsp3) is 0.333. The van der Waals surface area contributed by atoms with E-state index < -0.39 is 17.5 Å². The lowest BCUT2D eigenvalue weighted by Crippen LogP contribution is -2.38. The molecule has 2 aromatic carbocycles. The third kappa shape index (κ3) is 3.62. The summed E-state index contributed by atoms with van der Waals surface area (Å²) in [5, 5.41) is 0. The van der Waals surface area contributed by atoms with Crippen LogP contribution in [0.3, 0.4) is 0 Å². The maximum absolute atomic E-state index is 14.1. The normalized spacial score (nSPS) is 24.0. The number of fused-ring (bicyclic) bond motifs is 1. The highest BCUT2D eigenvalue weighted by molar-refractivity contribution is 9.10. The molecule has 5 nitrogen and oxygen atoms in total. The number of carbonyl (C=O) groups is 1. The highest BCUT2D eigenvalue weighted by Crippen LogP contribution is 2.44. The van der Waals surface area contributed by atoms with E-state index in [1.165, 1.54) is 11.0 Å². The smallest absolute Gasteiger partial charge is 0.415 e. The number of halogens is 3. The maximum atomic E-state index is 14.1. The molecule has 0 atom stereocenters. The molecule has 1 aromatic heterocycles. The molecule has 2 heterocycles. The van der Waals surface area contributed by atoms with Crippen LogP contribution in [-0.2, 0) is 4.74 Å². The van der Waals surface area contributed by atoms with Crippen LogP contribution < -0.4 is 4.90 Å². The fourth-order valence-electron chi connectivity index (χ4n) is 4.35. The highest BCUT2D eigenvalue weighted by Gasteiger charge is 2.48. The molecule has 3 aromatic rings. The van der Waals surface area contributed by atoms with Crippen LogP contribution >= 0.6 is 28.3 Å². The molecule has 29 heavy (non-hydrogen) atoms. The van der Waals surface area contributed by atoms with E-state index in [0.717, 1.165) is 47.0 Å². The number of anilines is 1. The summed E-state index contributed by atoms with van der Waals surface area (Å²) in [5.41, 5.74) is 1.72. The van der Waals surface area contributed by atoms with Crippen molar-refractivity contribution in [2.24, 2.45) is 0 Å². The maximum Gasteiger partial charge on any atom is 0.415 e. The van der Waals surface area contributed by atoms with Gasteiger partial charge < -0.3 is 9.72 Å². The Bertz CT molecular complexity index is 1070. The second-order valence-corrected chi connectivity index (χ2v) is 8.56. The zero-order valence-corrected chi connectivity index (χ0v) is 17.9. The number of carbonyl (C=O) groups excluding carboxylic acids is 1. The Balaban J connectivity index is 0.00000205. The number of imidazole rings is 1. The number of rotatable bonds is 2. The summed E-state index contributed by atoms with van der Waals surface area (Å²) in [4.78, 5) is 22.0. The van der Waals surface area contributed by atoms with Crippen LogP contribution in [0.25, 0.3) is 11.0 Å². The van der Waals surface area contributed by atoms with Gasteiger partial charge in [-0.2, -0.15) is 0 Å². The Hall–Kier alpha value is -2.12. The van der Waals surface area contributed by atoms with Gasteiger partial charge in [0.15, 0.2) is 0 Å². The van der Waals surface area contributed by atoms with Gasteiger partial charge in [0.2, 0.25) is 0 Å². The van der Waals surface area contributed by atoms with Gasteiger partial charge in [-0.1, -0.05) is 28.1 Å². The number of ether oxygens (including phenoxy) is 1. The van der Waals surface area contributed by atoms with E-state index in [-0.39, 0.29) is 18.1 Å². The Morgan fingerprint density at radius 3 is 2.72 bits per heavy atom. The molecule has 2 fully saturated rings. The first-order valence-corrected chi connectivity index (χ1v) is 10.2. The van der Waals surface area contributed by atoms with Gasteiger partial charge in [0.05, 0.1) is 23.3 Å². The van der Waals surface area contributed by atoms with Crippen molar-refractivity contribution in [2.75, 3.05) is 11.4 Å². The minimum Gasteiger partial charge on any atom is -0.441 e. The molecule has 0 radical (unpaired) electrons. The molecule has 1 N–H and O–H groups in total. The van der Waals surface area contributed by atoms with Crippen molar-refractivity contribution in [1.82, 2.24) is 9.97 Å². The Labute approximate surface area is 182 Å². The number of aromatic amines is 1. The number of amides is 1. The third-order valence-electron chi connectivity index (χ3n) is 5.86. The molecule has 1 spiro atoms. The average Bonchev–Trinajstić information content (AvgIpc) is 3.23. The van der Waals surface area contributed by atoms with Crippen LogP contribution in [-0.4, -0.2) is 28.2 Å². The number of benzene rings is 2. The summed E-state index contributed by atoms with van der Waals surface area (Å²) in [7, 11) is 0. The lowest BCUT2D eigenvalue weighted by Gasteiger charge is -2.34. The largest absolute Gasteiger partial charge is 0.441 e. The van der Waals surface area contributed by atoms with Crippen molar-refractivity contribution in [3.05, 3.63) is 58.6 Å². The van der Waals surface area contributed by atoms with Crippen LogP contribution in [0, 0.1) is 5.82 Å². The summed E-state index contributed by atoms with van der Waals surface area (Å²) in [5.74, 6) is 0.884. The first-order chi connectivity index (χ1) is 13.5. The topological polar surface area (TPSA) is 58.2 Å². The standard InChI is InChI=1S/C21H19BrFN3O2.ClH/c22-14-5-6-16-17(11-14)25-19(24-16)13-7-9-21(10-8-13)12-26(20(27)28-21)18-4-2-1-3-15(18)23;/h1-6,11,13H,7-10,12H2,(H,24,25);1H/t13-,21-;. The average molecular weight is 481 g/mol. The molecule has 8 heteroatoms. The quantitative estimate of drug-likeness (QED) is 0.494. The zero-order chi connectivity index (χ0) is 19.3. The monoisotopic (exact) mass is 479 g/mol. The fourth-order valence-corrected chi connectivity index (χ4v) is 4.70. The summed E-state index contributed by atoms with van der Waals surface area (Å²) in [6, 6.07) is 12.4. The lowest BCUT2D eigenvalue weighted by atomic mass is 9.78. The Kier molecular flexibility index (Phi) is 5.29. The number of nitrogens with one attached hydrogen (secondary N) is 1. The molecular weight excluding hydrogens is 461 g/mol.